The Morgan fingerprint density at radius 3 is 2.80 bits per heavy atom. The van der Waals surface area contributed by atoms with Crippen LogP contribution in [0.3, 0.4) is 0 Å². The molecular weight excluding hydrogens is 186 g/mol. The van der Waals surface area contributed by atoms with Gasteiger partial charge in [-0.05, 0) is 31.9 Å². The molecule has 2 nitrogen and oxygen atoms in total. The van der Waals surface area contributed by atoms with Crippen molar-refractivity contribution in [2.24, 2.45) is 0 Å². The highest BCUT2D eigenvalue weighted by Crippen LogP contribution is 2.27. The monoisotopic (exact) mass is 201 g/mol. The number of hydrogen-bond acceptors (Lipinski definition) is 1. The van der Waals surface area contributed by atoms with E-state index in [-0.39, 0.29) is 5.91 Å². The topological polar surface area (TPSA) is 20.3 Å². The van der Waals surface area contributed by atoms with Crippen molar-refractivity contribution in [3.8, 4) is 0 Å². The van der Waals surface area contributed by atoms with Gasteiger partial charge in [0.15, 0.2) is 0 Å². The number of carbonyl (C=O) groups is 1. The number of amides is 1. The number of hydrogen-bond donors (Lipinski definition) is 0. The van der Waals surface area contributed by atoms with Crippen molar-refractivity contribution in [2.45, 2.75) is 20.3 Å². The van der Waals surface area contributed by atoms with E-state index < -0.39 is 0 Å². The standard InChI is InChI=1S/C13H15NO/c1-10(2)9-13(15)14-8-7-11-5-3-4-6-12(11)14/h3-6,9H,7-8H2,1-2H3. The fraction of sp³-hybridized carbons (Fsp3) is 0.308. The molecule has 0 saturated carbocycles. The van der Waals surface area contributed by atoms with Crippen molar-refractivity contribution < 1.29 is 4.79 Å². The largest absolute Gasteiger partial charge is 0.308 e. The second-order valence-electron chi connectivity index (χ2n) is 4.09. The Labute approximate surface area is 90.2 Å². The van der Waals surface area contributed by atoms with E-state index in [0.29, 0.717) is 0 Å². The summed E-state index contributed by atoms with van der Waals surface area (Å²) in [6, 6.07) is 8.10. The maximum absolute atomic E-state index is 11.9. The third-order valence-electron chi connectivity index (χ3n) is 2.57. The van der Waals surface area contributed by atoms with Crippen LogP contribution >= 0.6 is 0 Å². The average molecular weight is 201 g/mol. The lowest BCUT2D eigenvalue weighted by Crippen LogP contribution is -2.27. The second-order valence-corrected chi connectivity index (χ2v) is 4.09. The van der Waals surface area contributed by atoms with E-state index in [0.717, 1.165) is 24.2 Å². The van der Waals surface area contributed by atoms with Gasteiger partial charge in [0.25, 0.3) is 5.91 Å². The predicted molar refractivity (Wildman–Crippen MR) is 61.9 cm³/mol. The fourth-order valence-electron chi connectivity index (χ4n) is 1.89. The normalized spacial score (nSPS) is 13.6. The van der Waals surface area contributed by atoms with Gasteiger partial charge in [-0.15, -0.1) is 0 Å². The van der Waals surface area contributed by atoms with Crippen molar-refractivity contribution in [2.75, 3.05) is 11.4 Å². The van der Waals surface area contributed by atoms with Crippen LogP contribution < -0.4 is 4.90 Å². The van der Waals surface area contributed by atoms with E-state index in [9.17, 15) is 4.79 Å². The van der Waals surface area contributed by atoms with Gasteiger partial charge < -0.3 is 4.90 Å². The van der Waals surface area contributed by atoms with E-state index in [1.54, 1.807) is 6.08 Å². The molecule has 1 aromatic carbocycles. The summed E-state index contributed by atoms with van der Waals surface area (Å²) in [6.07, 6.45) is 2.67. The Morgan fingerprint density at radius 2 is 2.07 bits per heavy atom. The Balaban J connectivity index is 2.28. The van der Waals surface area contributed by atoms with Gasteiger partial charge in [0, 0.05) is 18.3 Å². The maximum Gasteiger partial charge on any atom is 0.250 e. The lowest BCUT2D eigenvalue weighted by Gasteiger charge is -2.15. The Hall–Kier alpha value is -1.57. The maximum atomic E-state index is 11.9. The molecule has 0 aromatic heterocycles. The summed E-state index contributed by atoms with van der Waals surface area (Å²) >= 11 is 0. The molecule has 0 aliphatic carbocycles. The third-order valence-corrected chi connectivity index (χ3v) is 2.57. The van der Waals surface area contributed by atoms with Crippen LogP contribution in [0.25, 0.3) is 0 Å². The zero-order chi connectivity index (χ0) is 10.8. The van der Waals surface area contributed by atoms with Gasteiger partial charge in [-0.2, -0.15) is 0 Å². The molecule has 0 saturated heterocycles. The molecule has 1 aliphatic heterocycles. The van der Waals surface area contributed by atoms with Gasteiger partial charge in [0.1, 0.15) is 0 Å². The summed E-state index contributed by atoms with van der Waals surface area (Å²) in [4.78, 5) is 13.7. The molecule has 1 heterocycles. The first-order chi connectivity index (χ1) is 7.18. The second kappa shape index (κ2) is 3.89. The number of carbonyl (C=O) groups excluding carboxylic acids is 1. The highest BCUT2D eigenvalue weighted by molar-refractivity contribution is 6.03. The van der Waals surface area contributed by atoms with Crippen molar-refractivity contribution in [1.29, 1.82) is 0 Å². The number of nitrogens with zero attached hydrogens (tertiary/aromatic N) is 1. The quantitative estimate of drug-likeness (QED) is 0.639. The van der Waals surface area contributed by atoms with E-state index in [1.165, 1.54) is 5.56 Å². The molecule has 0 N–H and O–H groups in total. The van der Waals surface area contributed by atoms with Crippen molar-refractivity contribution in [3.63, 3.8) is 0 Å². The number of fused-ring (bicyclic) bond motifs is 1. The lowest BCUT2D eigenvalue weighted by molar-refractivity contribution is -0.114. The number of anilines is 1. The summed E-state index contributed by atoms with van der Waals surface area (Å²) in [5, 5.41) is 0. The summed E-state index contributed by atoms with van der Waals surface area (Å²) in [5.74, 6) is 0.0972. The highest BCUT2D eigenvalue weighted by atomic mass is 16.2. The zero-order valence-electron chi connectivity index (χ0n) is 9.16. The molecule has 2 rings (SSSR count). The van der Waals surface area contributed by atoms with Crippen molar-refractivity contribution in [3.05, 3.63) is 41.5 Å². The van der Waals surface area contributed by atoms with Crippen LogP contribution in [0, 0.1) is 0 Å². The first-order valence-corrected chi connectivity index (χ1v) is 5.23. The molecule has 0 fully saturated rings. The molecule has 0 atom stereocenters. The minimum Gasteiger partial charge on any atom is -0.308 e. The van der Waals surface area contributed by atoms with Crippen molar-refractivity contribution >= 4 is 11.6 Å². The van der Waals surface area contributed by atoms with Gasteiger partial charge in [-0.25, -0.2) is 0 Å². The van der Waals surface area contributed by atoms with Crippen LogP contribution in [-0.2, 0) is 11.2 Å². The van der Waals surface area contributed by atoms with Crippen LogP contribution in [0.5, 0.6) is 0 Å². The van der Waals surface area contributed by atoms with E-state index in [1.807, 2.05) is 36.9 Å². The van der Waals surface area contributed by atoms with Gasteiger partial charge in [0.2, 0.25) is 0 Å². The molecule has 1 aromatic rings. The minimum absolute atomic E-state index is 0.0972. The molecule has 0 bridgehead atoms. The van der Waals surface area contributed by atoms with E-state index in [2.05, 4.69) is 6.07 Å². The molecule has 1 amide bonds. The summed E-state index contributed by atoms with van der Waals surface area (Å²) in [5.41, 5.74) is 3.39. The number of para-hydroxylation sites is 1. The van der Waals surface area contributed by atoms with Gasteiger partial charge in [-0.1, -0.05) is 23.8 Å². The third kappa shape index (κ3) is 1.94. The van der Waals surface area contributed by atoms with Gasteiger partial charge in [0.05, 0.1) is 0 Å². The summed E-state index contributed by atoms with van der Waals surface area (Å²) in [7, 11) is 0. The minimum atomic E-state index is 0.0972. The Kier molecular flexibility index (Phi) is 2.58. The Bertz CT molecular complexity index is 416. The van der Waals surface area contributed by atoms with E-state index >= 15 is 0 Å². The van der Waals surface area contributed by atoms with Crippen LogP contribution in [-0.4, -0.2) is 12.5 Å². The number of benzene rings is 1. The summed E-state index contributed by atoms with van der Waals surface area (Å²) < 4.78 is 0. The van der Waals surface area contributed by atoms with Crippen LogP contribution in [0.15, 0.2) is 35.9 Å². The number of allylic oxidation sites excluding steroid dienone is 1. The molecule has 0 unspecified atom stereocenters. The zero-order valence-corrected chi connectivity index (χ0v) is 9.16. The molecule has 0 radical (unpaired) electrons. The Morgan fingerprint density at radius 1 is 1.33 bits per heavy atom. The van der Waals surface area contributed by atoms with Gasteiger partial charge >= 0.3 is 0 Å². The average Bonchev–Trinajstić information content (AvgIpc) is 2.59. The van der Waals surface area contributed by atoms with Crippen LogP contribution in [0.4, 0.5) is 5.69 Å². The van der Waals surface area contributed by atoms with Crippen LogP contribution in [0.1, 0.15) is 19.4 Å². The first-order valence-electron chi connectivity index (χ1n) is 5.23. The predicted octanol–water partition coefficient (Wildman–Crippen LogP) is 2.54. The number of rotatable bonds is 1. The molecule has 2 heteroatoms. The van der Waals surface area contributed by atoms with Gasteiger partial charge in [-0.3, -0.25) is 4.79 Å². The SMILES string of the molecule is CC(C)=CC(=O)N1CCc2ccccc21. The molecule has 1 aliphatic rings. The van der Waals surface area contributed by atoms with Crippen molar-refractivity contribution in [1.82, 2.24) is 0 Å². The molecule has 78 valence electrons. The summed E-state index contributed by atoms with van der Waals surface area (Å²) in [6.45, 7) is 4.70. The lowest BCUT2D eigenvalue weighted by atomic mass is 10.2. The first kappa shape index (κ1) is 9.97. The molecule has 15 heavy (non-hydrogen) atoms. The highest BCUT2D eigenvalue weighted by Gasteiger charge is 2.22. The van der Waals surface area contributed by atoms with E-state index in [4.69, 9.17) is 0 Å². The fourth-order valence-corrected chi connectivity index (χ4v) is 1.89. The smallest absolute Gasteiger partial charge is 0.250 e. The molecular formula is C13H15NO. The van der Waals surface area contributed by atoms with Crippen LogP contribution in [0.2, 0.25) is 0 Å². The molecule has 0 spiro atoms.